The summed E-state index contributed by atoms with van der Waals surface area (Å²) in [6, 6.07) is 3.10. The van der Waals surface area contributed by atoms with E-state index in [1.165, 1.54) is 12.1 Å². The van der Waals surface area contributed by atoms with Crippen molar-refractivity contribution in [2.24, 2.45) is 11.7 Å². The van der Waals surface area contributed by atoms with E-state index in [9.17, 15) is 8.78 Å². The minimum absolute atomic E-state index is 0.218. The van der Waals surface area contributed by atoms with Crippen LogP contribution < -0.4 is 5.73 Å². The second-order valence-corrected chi connectivity index (χ2v) is 4.87. The van der Waals surface area contributed by atoms with Gasteiger partial charge in [-0.1, -0.05) is 5.16 Å². The molecule has 100 valence electrons. The highest BCUT2D eigenvalue weighted by Gasteiger charge is 2.33. The fraction of sp³-hybridized carbons (Fsp3) is 0.385. The van der Waals surface area contributed by atoms with Crippen LogP contribution in [0.2, 0.25) is 0 Å². The topological polar surface area (TPSA) is 64.9 Å². The van der Waals surface area contributed by atoms with Crippen LogP contribution in [0, 0.1) is 17.6 Å². The van der Waals surface area contributed by atoms with E-state index in [0.717, 1.165) is 18.9 Å². The summed E-state index contributed by atoms with van der Waals surface area (Å²) in [5, 5.41) is 3.79. The van der Waals surface area contributed by atoms with Gasteiger partial charge in [0.1, 0.15) is 11.6 Å². The molecule has 1 aromatic heterocycles. The molecule has 2 aromatic rings. The van der Waals surface area contributed by atoms with Gasteiger partial charge in [-0.15, -0.1) is 0 Å². The van der Waals surface area contributed by atoms with Crippen molar-refractivity contribution in [1.82, 2.24) is 10.1 Å². The van der Waals surface area contributed by atoms with Gasteiger partial charge in [-0.05, 0) is 36.5 Å². The molecule has 0 aliphatic heterocycles. The van der Waals surface area contributed by atoms with Gasteiger partial charge in [0, 0.05) is 12.5 Å². The number of rotatable bonds is 4. The molecule has 1 unspecified atom stereocenters. The Labute approximate surface area is 108 Å². The van der Waals surface area contributed by atoms with Crippen molar-refractivity contribution in [3.05, 3.63) is 47.1 Å². The minimum Gasteiger partial charge on any atom is -0.338 e. The van der Waals surface area contributed by atoms with Gasteiger partial charge in [0.25, 0.3) is 0 Å². The van der Waals surface area contributed by atoms with Crippen LogP contribution in [0.25, 0.3) is 0 Å². The smallest absolute Gasteiger partial charge is 0.243 e. The standard InChI is InChI=1S/C13H13F2N3O/c14-9-3-7(4-10(15)6-9)5-11-17-13(19-18-11)12(16)8-1-2-8/h3-4,6,8,12H,1-2,5,16H2. The molecule has 0 amide bonds. The van der Waals surface area contributed by atoms with E-state index in [1.807, 2.05) is 0 Å². The number of halogens is 2. The van der Waals surface area contributed by atoms with Gasteiger partial charge in [0.15, 0.2) is 5.82 Å². The van der Waals surface area contributed by atoms with Crippen LogP contribution in [0.3, 0.4) is 0 Å². The van der Waals surface area contributed by atoms with E-state index >= 15 is 0 Å². The maximum absolute atomic E-state index is 13.1. The molecule has 1 fully saturated rings. The summed E-state index contributed by atoms with van der Waals surface area (Å²) in [7, 11) is 0. The number of benzene rings is 1. The van der Waals surface area contributed by atoms with Crippen molar-refractivity contribution in [3.63, 3.8) is 0 Å². The number of nitrogens with two attached hydrogens (primary N) is 1. The van der Waals surface area contributed by atoms with E-state index in [0.29, 0.717) is 23.2 Å². The molecule has 1 aliphatic rings. The second-order valence-electron chi connectivity index (χ2n) is 4.87. The Hall–Kier alpha value is -1.82. The number of hydrogen-bond acceptors (Lipinski definition) is 4. The lowest BCUT2D eigenvalue weighted by Gasteiger charge is -2.01. The van der Waals surface area contributed by atoms with Gasteiger partial charge >= 0.3 is 0 Å². The number of aromatic nitrogens is 2. The van der Waals surface area contributed by atoms with Crippen LogP contribution in [0.5, 0.6) is 0 Å². The third-order valence-corrected chi connectivity index (χ3v) is 3.18. The molecule has 1 saturated carbocycles. The molecule has 2 N–H and O–H groups in total. The van der Waals surface area contributed by atoms with Crippen molar-refractivity contribution in [3.8, 4) is 0 Å². The number of nitrogens with zero attached hydrogens (tertiary/aromatic N) is 2. The van der Waals surface area contributed by atoms with Crippen LogP contribution in [-0.4, -0.2) is 10.1 Å². The second kappa shape index (κ2) is 4.70. The van der Waals surface area contributed by atoms with Gasteiger partial charge in [-0.2, -0.15) is 4.98 Å². The molecular weight excluding hydrogens is 252 g/mol. The summed E-state index contributed by atoms with van der Waals surface area (Å²) in [6.07, 6.45) is 2.37. The Morgan fingerprint density at radius 3 is 2.58 bits per heavy atom. The predicted molar refractivity (Wildman–Crippen MR) is 63.1 cm³/mol. The van der Waals surface area contributed by atoms with Crippen molar-refractivity contribution in [1.29, 1.82) is 0 Å². The first-order valence-corrected chi connectivity index (χ1v) is 6.15. The van der Waals surface area contributed by atoms with Gasteiger partial charge in [-0.25, -0.2) is 8.78 Å². The molecule has 0 saturated heterocycles. The quantitative estimate of drug-likeness (QED) is 0.921. The van der Waals surface area contributed by atoms with Crippen LogP contribution in [0.1, 0.15) is 36.2 Å². The molecule has 0 bridgehead atoms. The predicted octanol–water partition coefficient (Wildman–Crippen LogP) is 2.35. The highest BCUT2D eigenvalue weighted by atomic mass is 19.1. The summed E-state index contributed by atoms with van der Waals surface area (Å²) in [4.78, 5) is 4.18. The zero-order valence-electron chi connectivity index (χ0n) is 10.1. The fourth-order valence-electron chi connectivity index (χ4n) is 2.03. The van der Waals surface area contributed by atoms with Gasteiger partial charge < -0.3 is 10.3 Å². The van der Waals surface area contributed by atoms with Gasteiger partial charge in [0.05, 0.1) is 6.04 Å². The molecule has 0 radical (unpaired) electrons. The van der Waals surface area contributed by atoms with Crippen molar-refractivity contribution >= 4 is 0 Å². The lowest BCUT2D eigenvalue weighted by molar-refractivity contribution is 0.340. The normalized spacial score (nSPS) is 16.6. The molecule has 19 heavy (non-hydrogen) atoms. The fourth-order valence-corrected chi connectivity index (χ4v) is 2.03. The Morgan fingerprint density at radius 2 is 1.95 bits per heavy atom. The summed E-state index contributed by atoms with van der Waals surface area (Å²) in [5.74, 6) is -0.0350. The Bertz CT molecular complexity index is 575. The van der Waals surface area contributed by atoms with Crippen molar-refractivity contribution in [2.75, 3.05) is 0 Å². The van der Waals surface area contributed by atoms with E-state index in [1.54, 1.807) is 0 Å². The molecule has 4 nitrogen and oxygen atoms in total. The highest BCUT2D eigenvalue weighted by molar-refractivity contribution is 5.21. The zero-order chi connectivity index (χ0) is 13.4. The third kappa shape index (κ3) is 2.78. The molecule has 6 heteroatoms. The Balaban J connectivity index is 1.75. The Kier molecular flexibility index (Phi) is 3.02. The van der Waals surface area contributed by atoms with E-state index < -0.39 is 11.6 Å². The zero-order valence-corrected chi connectivity index (χ0v) is 10.1. The Morgan fingerprint density at radius 1 is 1.26 bits per heavy atom. The largest absolute Gasteiger partial charge is 0.338 e. The van der Waals surface area contributed by atoms with E-state index in [2.05, 4.69) is 10.1 Å². The third-order valence-electron chi connectivity index (χ3n) is 3.18. The maximum atomic E-state index is 13.1. The average Bonchev–Trinajstić information content (AvgIpc) is 3.08. The van der Waals surface area contributed by atoms with Crippen LogP contribution in [-0.2, 0) is 6.42 Å². The molecule has 1 heterocycles. The lowest BCUT2D eigenvalue weighted by Crippen LogP contribution is -2.12. The summed E-state index contributed by atoms with van der Waals surface area (Å²) >= 11 is 0. The van der Waals surface area contributed by atoms with Crippen LogP contribution >= 0.6 is 0 Å². The molecule has 0 spiro atoms. The molecule has 1 aromatic carbocycles. The summed E-state index contributed by atoms with van der Waals surface area (Å²) in [6.45, 7) is 0. The lowest BCUT2D eigenvalue weighted by atomic mass is 10.1. The first-order valence-electron chi connectivity index (χ1n) is 6.15. The molecule has 1 atom stereocenters. The number of hydrogen-bond donors (Lipinski definition) is 1. The average molecular weight is 265 g/mol. The highest BCUT2D eigenvalue weighted by Crippen LogP contribution is 2.38. The first kappa shape index (κ1) is 12.2. The SMILES string of the molecule is NC(c1nc(Cc2cc(F)cc(F)c2)no1)C1CC1. The van der Waals surface area contributed by atoms with Crippen molar-refractivity contribution < 1.29 is 13.3 Å². The monoisotopic (exact) mass is 265 g/mol. The summed E-state index contributed by atoms with van der Waals surface area (Å²) < 4.78 is 31.2. The van der Waals surface area contributed by atoms with Crippen LogP contribution in [0.4, 0.5) is 8.78 Å². The van der Waals surface area contributed by atoms with Crippen LogP contribution in [0.15, 0.2) is 22.7 Å². The summed E-state index contributed by atoms with van der Waals surface area (Å²) in [5.41, 5.74) is 6.40. The van der Waals surface area contributed by atoms with Gasteiger partial charge in [-0.3, -0.25) is 0 Å². The van der Waals surface area contributed by atoms with Gasteiger partial charge in [0.2, 0.25) is 5.89 Å². The van der Waals surface area contributed by atoms with E-state index in [4.69, 9.17) is 10.3 Å². The van der Waals surface area contributed by atoms with Crippen molar-refractivity contribution in [2.45, 2.75) is 25.3 Å². The minimum atomic E-state index is -0.617. The molecule has 1 aliphatic carbocycles. The molecular formula is C13H13F2N3O. The molecule has 3 rings (SSSR count). The maximum Gasteiger partial charge on any atom is 0.243 e. The first-order chi connectivity index (χ1) is 9.11. The van der Waals surface area contributed by atoms with E-state index in [-0.39, 0.29) is 12.5 Å².